The molecule has 0 bridgehead atoms. The zero-order valence-corrected chi connectivity index (χ0v) is 24.0. The Morgan fingerprint density at radius 3 is 2.29 bits per heavy atom. The number of rotatable bonds is 13. The molecule has 0 radical (unpaired) electrons. The predicted octanol–water partition coefficient (Wildman–Crippen LogP) is 6.92. The third kappa shape index (κ3) is 9.54. The van der Waals surface area contributed by atoms with Crippen molar-refractivity contribution in [3.63, 3.8) is 0 Å². The molecule has 0 unspecified atom stereocenters. The van der Waals surface area contributed by atoms with Crippen molar-refractivity contribution in [2.45, 2.75) is 39.5 Å². The van der Waals surface area contributed by atoms with Gasteiger partial charge in [-0.1, -0.05) is 61.9 Å². The number of esters is 1. The van der Waals surface area contributed by atoms with Crippen molar-refractivity contribution in [1.29, 1.82) is 0 Å². The van der Waals surface area contributed by atoms with Gasteiger partial charge in [-0.05, 0) is 61.7 Å². The van der Waals surface area contributed by atoms with Crippen LogP contribution in [0.25, 0.3) is 11.4 Å². The van der Waals surface area contributed by atoms with E-state index in [1.807, 2.05) is 67.6 Å². The minimum Gasteiger partial charge on any atom is -0.493 e. The molecule has 1 aromatic heterocycles. The number of hydrogen-bond acceptors (Lipinski definition) is 8. The van der Waals surface area contributed by atoms with Crippen molar-refractivity contribution in [3.8, 4) is 17.1 Å². The maximum atomic E-state index is 12.5. The van der Waals surface area contributed by atoms with Crippen molar-refractivity contribution in [1.82, 2.24) is 9.97 Å². The number of allylic oxidation sites excluding steroid dienone is 1. The van der Waals surface area contributed by atoms with Crippen LogP contribution in [0.1, 0.15) is 46.9 Å². The van der Waals surface area contributed by atoms with E-state index in [0.29, 0.717) is 37.4 Å². The molecule has 3 aromatic carbocycles. The lowest BCUT2D eigenvalue weighted by atomic mass is 10.1. The van der Waals surface area contributed by atoms with E-state index in [1.165, 1.54) is 5.56 Å². The zero-order valence-electron chi connectivity index (χ0n) is 24.0. The first kappa shape index (κ1) is 31.5. The Morgan fingerprint density at radius 1 is 0.952 bits per heavy atom. The van der Waals surface area contributed by atoms with Crippen LogP contribution in [-0.2, 0) is 27.2 Å². The molecule has 0 saturated heterocycles. The van der Waals surface area contributed by atoms with Gasteiger partial charge in [-0.3, -0.25) is 0 Å². The van der Waals surface area contributed by atoms with Gasteiger partial charge < -0.3 is 14.8 Å². The van der Waals surface area contributed by atoms with Gasteiger partial charge in [0.1, 0.15) is 11.6 Å². The average Bonchev–Trinajstić information content (AvgIpc) is 3.00. The molecule has 0 amide bonds. The van der Waals surface area contributed by atoms with Gasteiger partial charge in [0.2, 0.25) is 0 Å². The number of carbonyl (C=O) groups is 1. The van der Waals surface area contributed by atoms with Crippen LogP contribution in [0.5, 0.6) is 5.75 Å². The molecule has 0 saturated carbocycles. The fourth-order valence-corrected chi connectivity index (χ4v) is 4.17. The first-order chi connectivity index (χ1) is 20.5. The minimum absolute atomic E-state index is 0.250. The van der Waals surface area contributed by atoms with E-state index < -0.39 is 0 Å². The maximum Gasteiger partial charge on any atom is 0.373 e. The molecule has 216 valence electrons. The Morgan fingerprint density at radius 2 is 1.64 bits per heavy atom. The molecule has 0 aliphatic carbocycles. The molecular formula is C34H35N3O5. The third-order valence-electron chi connectivity index (χ3n) is 6.23. The highest BCUT2D eigenvalue weighted by Gasteiger charge is 2.13. The Bertz CT molecular complexity index is 1460. The van der Waals surface area contributed by atoms with E-state index in [-0.39, 0.29) is 12.1 Å². The number of anilines is 2. The number of nitrogens with one attached hydrogen (secondary N) is 1. The summed E-state index contributed by atoms with van der Waals surface area (Å²) < 4.78 is 11.2. The second-order valence-electron chi connectivity index (χ2n) is 9.34. The molecule has 0 aliphatic heterocycles. The van der Waals surface area contributed by atoms with Crippen molar-refractivity contribution < 1.29 is 23.9 Å². The lowest BCUT2D eigenvalue weighted by Crippen LogP contribution is -2.09. The molecule has 4 rings (SSSR count). The van der Waals surface area contributed by atoms with Crippen molar-refractivity contribution in [3.05, 3.63) is 114 Å². The minimum atomic E-state index is -0.359. The molecule has 1 heterocycles. The quantitative estimate of drug-likeness (QED) is 0.106. The van der Waals surface area contributed by atoms with E-state index in [9.17, 15) is 4.79 Å². The van der Waals surface area contributed by atoms with Crippen LogP contribution in [-0.4, -0.2) is 35.3 Å². The molecule has 1 N–H and O–H groups in total. The monoisotopic (exact) mass is 565 g/mol. The van der Waals surface area contributed by atoms with Gasteiger partial charge in [0.15, 0.2) is 5.82 Å². The Hall–Kier alpha value is -5.07. The average molecular weight is 566 g/mol. The molecule has 8 heteroatoms. The van der Waals surface area contributed by atoms with E-state index in [1.54, 1.807) is 12.1 Å². The Labute approximate surface area is 246 Å². The number of benzene rings is 3. The zero-order chi connectivity index (χ0) is 30.2. The Kier molecular flexibility index (Phi) is 12.7. The topological polar surface area (TPSA) is 107 Å². The summed E-state index contributed by atoms with van der Waals surface area (Å²) in [5.41, 5.74) is 5.43. The lowest BCUT2D eigenvalue weighted by molar-refractivity contribution is -0.191. The third-order valence-corrected chi connectivity index (χ3v) is 6.23. The largest absolute Gasteiger partial charge is 0.493 e. The van der Waals surface area contributed by atoms with Crippen molar-refractivity contribution in [2.75, 3.05) is 18.5 Å². The van der Waals surface area contributed by atoms with Crippen molar-refractivity contribution >= 4 is 23.6 Å². The number of nitrogens with zero attached hydrogens (tertiary/aromatic N) is 2. The molecule has 42 heavy (non-hydrogen) atoms. The van der Waals surface area contributed by atoms with Gasteiger partial charge in [-0.25, -0.2) is 14.8 Å². The summed E-state index contributed by atoms with van der Waals surface area (Å²) in [6.07, 6.45) is 5.54. The first-order valence-electron chi connectivity index (χ1n) is 13.8. The van der Waals surface area contributed by atoms with Crippen LogP contribution in [0.4, 0.5) is 11.5 Å². The van der Waals surface area contributed by atoms with Gasteiger partial charge in [-0.2, -0.15) is 9.59 Å². The van der Waals surface area contributed by atoms with E-state index >= 15 is 0 Å². The van der Waals surface area contributed by atoms with Crippen molar-refractivity contribution in [2.24, 2.45) is 0 Å². The van der Waals surface area contributed by atoms with Crippen LogP contribution in [0, 0.1) is 6.92 Å². The maximum absolute atomic E-state index is 12.5. The number of carbonyl (C=O) groups excluding carboxylic acids is 3. The van der Waals surface area contributed by atoms with E-state index in [2.05, 4.69) is 31.0 Å². The number of ether oxygens (including phenoxy) is 2. The SMILES string of the molecule is C=CCc1c(C)nc(-c2ccccc2)nc1Nc1ccc(C(=O)OCCCOc2ccc(CCC)cc2)cc1.O=C=O. The van der Waals surface area contributed by atoms with Crippen LogP contribution in [0.3, 0.4) is 0 Å². The summed E-state index contributed by atoms with van der Waals surface area (Å²) in [5, 5.41) is 3.39. The molecule has 8 nitrogen and oxygen atoms in total. The summed E-state index contributed by atoms with van der Waals surface area (Å²) in [6, 6.07) is 25.2. The van der Waals surface area contributed by atoms with Crippen LogP contribution in [0.15, 0.2) is 91.5 Å². The number of hydrogen-bond donors (Lipinski definition) is 1. The second-order valence-corrected chi connectivity index (χ2v) is 9.34. The van der Waals surface area contributed by atoms with Gasteiger partial charge in [0.25, 0.3) is 0 Å². The molecular weight excluding hydrogens is 530 g/mol. The van der Waals surface area contributed by atoms with E-state index in [0.717, 1.165) is 46.9 Å². The summed E-state index contributed by atoms with van der Waals surface area (Å²) in [4.78, 5) is 38.3. The normalized spacial score (nSPS) is 10.0. The van der Waals surface area contributed by atoms with Crippen LogP contribution in [0.2, 0.25) is 0 Å². The van der Waals surface area contributed by atoms with E-state index in [4.69, 9.17) is 29.0 Å². The van der Waals surface area contributed by atoms with Crippen LogP contribution >= 0.6 is 0 Å². The highest BCUT2D eigenvalue weighted by Crippen LogP contribution is 2.26. The van der Waals surface area contributed by atoms with Gasteiger partial charge in [0.05, 0.1) is 18.8 Å². The first-order valence-corrected chi connectivity index (χ1v) is 13.8. The number of aryl methyl sites for hydroxylation is 2. The highest BCUT2D eigenvalue weighted by molar-refractivity contribution is 5.90. The summed E-state index contributed by atoms with van der Waals surface area (Å²) in [6.45, 7) is 8.80. The summed E-state index contributed by atoms with van der Waals surface area (Å²) in [7, 11) is 0. The number of aromatic nitrogens is 2. The Balaban J connectivity index is 0.00000155. The fraction of sp³-hybridized carbons (Fsp3) is 0.235. The van der Waals surface area contributed by atoms with Gasteiger partial charge >= 0.3 is 12.1 Å². The summed E-state index contributed by atoms with van der Waals surface area (Å²) >= 11 is 0. The van der Waals surface area contributed by atoms with Gasteiger partial charge in [0, 0.05) is 28.9 Å². The molecule has 0 atom stereocenters. The van der Waals surface area contributed by atoms with Gasteiger partial charge in [-0.15, -0.1) is 6.58 Å². The smallest absolute Gasteiger partial charge is 0.373 e. The molecule has 0 fully saturated rings. The lowest BCUT2D eigenvalue weighted by Gasteiger charge is -2.14. The second kappa shape index (κ2) is 16.9. The van der Waals surface area contributed by atoms with Crippen LogP contribution < -0.4 is 10.1 Å². The molecule has 0 spiro atoms. The fourth-order valence-electron chi connectivity index (χ4n) is 4.17. The molecule has 4 aromatic rings. The molecule has 0 aliphatic rings. The predicted molar refractivity (Wildman–Crippen MR) is 162 cm³/mol. The summed E-state index contributed by atoms with van der Waals surface area (Å²) in [5.74, 6) is 1.84. The highest BCUT2D eigenvalue weighted by atomic mass is 16.5. The standard InChI is InChI=1S/C33H35N3O3.CO2/c1-4-10-25-14-20-29(21-15-25)38-22-9-23-39-33(37)27-16-18-28(19-17-27)35-32-30(11-5-2)24(3)34-31(36-32)26-12-7-6-8-13-26;2-1-3/h5-8,12-21H,2,4,9-11,22-23H2,1,3H3,(H,34,35,36);.